The van der Waals surface area contributed by atoms with Crippen LogP contribution < -0.4 is 9.47 Å². The summed E-state index contributed by atoms with van der Waals surface area (Å²) in [5.74, 6) is 2.43. The SMILES string of the molecule is COc1cc2c(cc1OC)C(=O)C(CC1CCN(CC3=CC=CCC3)CC1)C2. The molecule has 1 unspecified atom stereocenters. The van der Waals surface area contributed by atoms with Crippen molar-refractivity contribution in [1.29, 1.82) is 0 Å². The van der Waals surface area contributed by atoms with Gasteiger partial charge in [-0.3, -0.25) is 9.69 Å². The second-order valence-electron chi connectivity index (χ2n) is 8.38. The number of carbonyl (C=O) groups excluding carboxylic acids is 1. The number of ketones is 1. The number of allylic oxidation sites excluding steroid dienone is 3. The molecule has 1 saturated heterocycles. The van der Waals surface area contributed by atoms with Crippen LogP contribution in [-0.2, 0) is 6.42 Å². The Morgan fingerprint density at radius 1 is 1.11 bits per heavy atom. The zero-order chi connectivity index (χ0) is 19.5. The lowest BCUT2D eigenvalue weighted by atomic mass is 9.85. The number of fused-ring (bicyclic) bond motifs is 1. The highest BCUT2D eigenvalue weighted by Gasteiger charge is 2.34. The number of nitrogens with zero attached hydrogens (tertiary/aromatic N) is 1. The minimum atomic E-state index is 0.120. The highest BCUT2D eigenvalue weighted by Crippen LogP contribution is 2.39. The smallest absolute Gasteiger partial charge is 0.166 e. The molecule has 0 amide bonds. The minimum Gasteiger partial charge on any atom is -0.493 e. The summed E-state index contributed by atoms with van der Waals surface area (Å²) in [6.45, 7) is 3.42. The van der Waals surface area contributed by atoms with E-state index in [2.05, 4.69) is 23.1 Å². The summed E-state index contributed by atoms with van der Waals surface area (Å²) >= 11 is 0. The molecule has 0 bridgehead atoms. The number of carbonyl (C=O) groups is 1. The van der Waals surface area contributed by atoms with E-state index in [0.717, 1.165) is 49.4 Å². The molecule has 0 radical (unpaired) electrons. The molecule has 28 heavy (non-hydrogen) atoms. The molecule has 0 N–H and O–H groups in total. The van der Waals surface area contributed by atoms with E-state index >= 15 is 0 Å². The first-order valence-corrected chi connectivity index (χ1v) is 10.5. The lowest BCUT2D eigenvalue weighted by molar-refractivity contribution is 0.0899. The number of hydrogen-bond acceptors (Lipinski definition) is 4. The Balaban J connectivity index is 1.32. The van der Waals surface area contributed by atoms with Crippen LogP contribution in [0.15, 0.2) is 35.9 Å². The molecule has 1 aromatic rings. The molecule has 1 aliphatic heterocycles. The number of benzene rings is 1. The fourth-order valence-corrected chi connectivity index (χ4v) is 4.94. The van der Waals surface area contributed by atoms with Crippen molar-refractivity contribution in [1.82, 2.24) is 4.90 Å². The van der Waals surface area contributed by atoms with Crippen LogP contribution in [0.25, 0.3) is 0 Å². The number of hydrogen-bond donors (Lipinski definition) is 0. The monoisotopic (exact) mass is 381 g/mol. The number of piperidine rings is 1. The summed E-state index contributed by atoms with van der Waals surface area (Å²) in [7, 11) is 3.26. The summed E-state index contributed by atoms with van der Waals surface area (Å²) in [6.07, 6.45) is 13.4. The molecule has 4 heteroatoms. The molecule has 4 rings (SSSR count). The first-order chi connectivity index (χ1) is 13.7. The van der Waals surface area contributed by atoms with Gasteiger partial charge in [0.1, 0.15) is 0 Å². The van der Waals surface area contributed by atoms with Crippen molar-refractivity contribution in [2.75, 3.05) is 33.9 Å². The van der Waals surface area contributed by atoms with Gasteiger partial charge >= 0.3 is 0 Å². The largest absolute Gasteiger partial charge is 0.493 e. The molecule has 1 aromatic carbocycles. The molecular formula is C24H31NO3. The van der Waals surface area contributed by atoms with Crippen molar-refractivity contribution in [3.8, 4) is 11.5 Å². The maximum absolute atomic E-state index is 12.9. The second-order valence-corrected chi connectivity index (χ2v) is 8.38. The van der Waals surface area contributed by atoms with Gasteiger partial charge in [0, 0.05) is 18.0 Å². The summed E-state index contributed by atoms with van der Waals surface area (Å²) in [6, 6.07) is 3.85. The first-order valence-electron chi connectivity index (χ1n) is 10.5. The Kier molecular flexibility index (Phi) is 5.86. The summed E-state index contributed by atoms with van der Waals surface area (Å²) in [5, 5.41) is 0. The third-order valence-electron chi connectivity index (χ3n) is 6.56. The van der Waals surface area contributed by atoms with E-state index in [0.29, 0.717) is 11.7 Å². The zero-order valence-electron chi connectivity index (χ0n) is 17.1. The maximum Gasteiger partial charge on any atom is 0.166 e. The van der Waals surface area contributed by atoms with Gasteiger partial charge in [0.05, 0.1) is 14.2 Å². The minimum absolute atomic E-state index is 0.120. The molecule has 2 aliphatic carbocycles. The van der Waals surface area contributed by atoms with Crippen LogP contribution in [0.1, 0.15) is 48.0 Å². The molecule has 1 atom stereocenters. The van der Waals surface area contributed by atoms with Gasteiger partial charge in [-0.25, -0.2) is 0 Å². The normalized spacial score (nSPS) is 22.9. The predicted molar refractivity (Wildman–Crippen MR) is 111 cm³/mol. The van der Waals surface area contributed by atoms with Crippen molar-refractivity contribution in [2.45, 2.75) is 38.5 Å². The van der Waals surface area contributed by atoms with Crippen LogP contribution in [0.5, 0.6) is 11.5 Å². The van der Waals surface area contributed by atoms with E-state index in [1.165, 1.54) is 25.7 Å². The number of rotatable bonds is 6. The number of ether oxygens (including phenoxy) is 2. The molecule has 4 nitrogen and oxygen atoms in total. The average molecular weight is 382 g/mol. The fourth-order valence-electron chi connectivity index (χ4n) is 4.94. The molecule has 3 aliphatic rings. The van der Waals surface area contributed by atoms with Crippen molar-refractivity contribution in [3.05, 3.63) is 47.1 Å². The Morgan fingerprint density at radius 2 is 1.86 bits per heavy atom. The van der Waals surface area contributed by atoms with Crippen LogP contribution in [0, 0.1) is 11.8 Å². The highest BCUT2D eigenvalue weighted by atomic mass is 16.5. The van der Waals surface area contributed by atoms with Crippen LogP contribution in [0.4, 0.5) is 0 Å². The van der Waals surface area contributed by atoms with Crippen molar-refractivity contribution in [2.24, 2.45) is 11.8 Å². The lowest BCUT2D eigenvalue weighted by Gasteiger charge is -2.33. The third-order valence-corrected chi connectivity index (χ3v) is 6.56. The van der Waals surface area contributed by atoms with Gasteiger partial charge in [0.2, 0.25) is 0 Å². The van der Waals surface area contributed by atoms with E-state index in [1.54, 1.807) is 19.8 Å². The first kappa shape index (κ1) is 19.3. The number of likely N-dealkylation sites (tertiary alicyclic amines) is 1. The highest BCUT2D eigenvalue weighted by molar-refractivity contribution is 6.02. The number of Topliss-reactive ketones (excluding diaryl/α,β-unsaturated/α-hetero) is 1. The van der Waals surface area contributed by atoms with Crippen molar-refractivity contribution < 1.29 is 14.3 Å². The molecule has 1 fully saturated rings. The molecule has 1 heterocycles. The van der Waals surface area contributed by atoms with Gasteiger partial charge in [-0.1, -0.05) is 23.8 Å². The van der Waals surface area contributed by atoms with Crippen molar-refractivity contribution in [3.63, 3.8) is 0 Å². The summed E-state index contributed by atoms with van der Waals surface area (Å²) in [4.78, 5) is 15.5. The van der Waals surface area contributed by atoms with Crippen LogP contribution in [0.3, 0.4) is 0 Å². The number of methoxy groups -OCH3 is 2. The van der Waals surface area contributed by atoms with Gasteiger partial charge in [-0.15, -0.1) is 0 Å². The van der Waals surface area contributed by atoms with Crippen LogP contribution in [-0.4, -0.2) is 44.5 Å². The van der Waals surface area contributed by atoms with Gasteiger partial charge in [0.25, 0.3) is 0 Å². The van der Waals surface area contributed by atoms with Gasteiger partial charge < -0.3 is 9.47 Å². The molecule has 150 valence electrons. The van der Waals surface area contributed by atoms with Crippen LogP contribution >= 0.6 is 0 Å². The molecule has 0 saturated carbocycles. The van der Waals surface area contributed by atoms with E-state index in [4.69, 9.17) is 9.47 Å². The van der Waals surface area contributed by atoms with Crippen molar-refractivity contribution >= 4 is 5.78 Å². The van der Waals surface area contributed by atoms with E-state index in [1.807, 2.05) is 12.1 Å². The Morgan fingerprint density at radius 3 is 2.54 bits per heavy atom. The van der Waals surface area contributed by atoms with Gasteiger partial charge in [-0.2, -0.15) is 0 Å². The summed E-state index contributed by atoms with van der Waals surface area (Å²) in [5.41, 5.74) is 3.50. The standard InChI is InChI=1S/C24H31NO3/c1-27-22-14-19-13-20(24(26)21(19)15-23(22)28-2)12-17-8-10-25(11-9-17)16-18-6-4-3-5-7-18/h3-4,6,14-15,17,20H,5,7-13,16H2,1-2H3. The van der Waals surface area contributed by atoms with Gasteiger partial charge in [-0.05, 0) is 75.2 Å². The fraction of sp³-hybridized carbons (Fsp3) is 0.542. The molecule has 0 spiro atoms. The Labute approximate surface area is 168 Å². The summed E-state index contributed by atoms with van der Waals surface area (Å²) < 4.78 is 10.8. The van der Waals surface area contributed by atoms with Crippen LogP contribution in [0.2, 0.25) is 0 Å². The molecular weight excluding hydrogens is 350 g/mol. The quantitative estimate of drug-likeness (QED) is 0.730. The van der Waals surface area contributed by atoms with E-state index in [9.17, 15) is 4.79 Å². The third kappa shape index (κ3) is 4.02. The maximum atomic E-state index is 12.9. The topological polar surface area (TPSA) is 38.8 Å². The second kappa shape index (κ2) is 8.52. The Hall–Kier alpha value is -2.07. The lowest BCUT2D eigenvalue weighted by Crippen LogP contribution is -2.36. The average Bonchev–Trinajstić information content (AvgIpc) is 3.03. The Bertz CT molecular complexity index is 787. The molecule has 0 aromatic heterocycles. The zero-order valence-corrected chi connectivity index (χ0v) is 17.1. The van der Waals surface area contributed by atoms with E-state index in [-0.39, 0.29) is 11.7 Å². The van der Waals surface area contributed by atoms with E-state index < -0.39 is 0 Å². The van der Waals surface area contributed by atoms with Gasteiger partial charge in [0.15, 0.2) is 17.3 Å². The predicted octanol–water partition coefficient (Wildman–Crippen LogP) is 4.44.